The maximum absolute atomic E-state index is 11.5. The number of rotatable bonds is 6. The van der Waals surface area contributed by atoms with Gasteiger partial charge in [-0.25, -0.2) is 9.59 Å². The zero-order valence-corrected chi connectivity index (χ0v) is 12.0. The quantitative estimate of drug-likeness (QED) is 0.771. The fraction of sp³-hybridized carbons (Fsp3) is 0.385. The largest absolute Gasteiger partial charge is 0.464 e. The number of hydrogen-bond acceptors (Lipinski definition) is 5. The van der Waals surface area contributed by atoms with Crippen LogP contribution in [0.1, 0.15) is 12.5 Å². The number of hydrogen-bond donors (Lipinski definition) is 2. The molecule has 0 aliphatic carbocycles. The molecule has 1 aromatic rings. The van der Waals surface area contributed by atoms with E-state index in [0.717, 1.165) is 5.56 Å². The van der Waals surface area contributed by atoms with Crippen molar-refractivity contribution in [2.24, 2.45) is 5.73 Å². The van der Waals surface area contributed by atoms with Crippen molar-refractivity contribution in [3.8, 4) is 0 Å². The predicted octanol–water partition coefficient (Wildman–Crippen LogP) is 1.23. The number of carbonyl (C=O) groups excluding carboxylic acids is 2. The second-order valence-electron chi connectivity index (χ2n) is 3.75. The fourth-order valence-corrected chi connectivity index (χ4v) is 1.36. The highest BCUT2D eigenvalue weighted by molar-refractivity contribution is 5.85. The summed E-state index contributed by atoms with van der Waals surface area (Å²) in [5, 5.41) is 2.36. The number of alkyl carbamates (subject to hydrolysis) is 1. The van der Waals surface area contributed by atoms with Crippen molar-refractivity contribution >= 4 is 24.5 Å². The lowest BCUT2D eigenvalue weighted by Gasteiger charge is -2.15. The average Bonchev–Trinajstić information content (AvgIpc) is 2.44. The first kappa shape index (κ1) is 18.2. The van der Waals surface area contributed by atoms with E-state index in [2.05, 4.69) is 5.32 Å². The zero-order chi connectivity index (χ0) is 14.1. The van der Waals surface area contributed by atoms with Gasteiger partial charge in [0.05, 0.1) is 6.61 Å². The molecule has 0 bridgehead atoms. The van der Waals surface area contributed by atoms with E-state index >= 15 is 0 Å². The lowest BCUT2D eigenvalue weighted by Crippen LogP contribution is -2.46. The summed E-state index contributed by atoms with van der Waals surface area (Å²) < 4.78 is 9.74. The monoisotopic (exact) mass is 302 g/mol. The van der Waals surface area contributed by atoms with Gasteiger partial charge in [-0.15, -0.1) is 12.4 Å². The Kier molecular flexibility index (Phi) is 9.15. The lowest BCUT2D eigenvalue weighted by molar-refractivity contribution is -0.145. The van der Waals surface area contributed by atoms with Crippen LogP contribution in [-0.2, 0) is 20.9 Å². The van der Waals surface area contributed by atoms with Crippen LogP contribution in [-0.4, -0.2) is 31.3 Å². The molecule has 6 nitrogen and oxygen atoms in total. The van der Waals surface area contributed by atoms with E-state index in [-0.39, 0.29) is 32.2 Å². The third-order valence-electron chi connectivity index (χ3n) is 2.31. The minimum atomic E-state index is -0.886. The maximum Gasteiger partial charge on any atom is 0.408 e. The molecule has 0 aliphatic heterocycles. The minimum absolute atomic E-state index is 0. The van der Waals surface area contributed by atoms with E-state index in [4.69, 9.17) is 15.2 Å². The van der Waals surface area contributed by atoms with Gasteiger partial charge in [0.2, 0.25) is 0 Å². The SMILES string of the molecule is CCOC(=O)C(CN)NC(=O)OCc1ccccc1.Cl. The average molecular weight is 303 g/mol. The molecule has 1 aromatic carbocycles. The van der Waals surface area contributed by atoms with Crippen molar-refractivity contribution in [1.29, 1.82) is 0 Å². The predicted molar refractivity (Wildman–Crippen MR) is 76.5 cm³/mol. The number of nitrogens with two attached hydrogens (primary N) is 1. The van der Waals surface area contributed by atoms with Gasteiger partial charge in [0.15, 0.2) is 0 Å². The van der Waals surface area contributed by atoms with Crippen molar-refractivity contribution in [3.63, 3.8) is 0 Å². The molecular formula is C13H19ClN2O4. The topological polar surface area (TPSA) is 90.6 Å². The third-order valence-corrected chi connectivity index (χ3v) is 2.31. The number of amides is 1. The first-order valence-corrected chi connectivity index (χ1v) is 6.01. The number of esters is 1. The third kappa shape index (κ3) is 6.40. The van der Waals surface area contributed by atoms with E-state index < -0.39 is 18.1 Å². The molecule has 0 saturated heterocycles. The molecule has 0 radical (unpaired) electrons. The molecule has 1 rings (SSSR count). The van der Waals surface area contributed by atoms with Gasteiger partial charge < -0.3 is 20.5 Å². The molecule has 0 fully saturated rings. The molecule has 0 heterocycles. The summed E-state index contributed by atoms with van der Waals surface area (Å²) in [6.45, 7) is 2.00. The van der Waals surface area contributed by atoms with Gasteiger partial charge in [0, 0.05) is 6.54 Å². The summed E-state index contributed by atoms with van der Waals surface area (Å²) in [7, 11) is 0. The van der Waals surface area contributed by atoms with Crippen LogP contribution in [0.15, 0.2) is 30.3 Å². The number of carbonyl (C=O) groups is 2. The van der Waals surface area contributed by atoms with Gasteiger partial charge in [-0.1, -0.05) is 30.3 Å². The number of nitrogens with one attached hydrogen (secondary N) is 1. The molecule has 1 amide bonds. The molecule has 7 heteroatoms. The molecule has 0 aromatic heterocycles. The molecule has 0 saturated carbocycles. The Hall–Kier alpha value is -1.79. The zero-order valence-electron chi connectivity index (χ0n) is 11.2. The van der Waals surface area contributed by atoms with Crippen LogP contribution in [0, 0.1) is 0 Å². The van der Waals surface area contributed by atoms with E-state index in [1.54, 1.807) is 6.92 Å². The van der Waals surface area contributed by atoms with Crippen molar-refractivity contribution in [1.82, 2.24) is 5.32 Å². The van der Waals surface area contributed by atoms with E-state index in [0.29, 0.717) is 0 Å². The summed E-state index contributed by atoms with van der Waals surface area (Å²) in [6, 6.07) is 8.34. The van der Waals surface area contributed by atoms with Gasteiger partial charge in [-0.05, 0) is 12.5 Å². The summed E-state index contributed by atoms with van der Waals surface area (Å²) >= 11 is 0. The molecule has 112 valence electrons. The smallest absolute Gasteiger partial charge is 0.408 e. The van der Waals surface area contributed by atoms with Gasteiger partial charge in [-0.2, -0.15) is 0 Å². The fourth-order valence-electron chi connectivity index (χ4n) is 1.36. The van der Waals surface area contributed by atoms with Gasteiger partial charge in [-0.3, -0.25) is 0 Å². The Morgan fingerprint density at radius 3 is 2.45 bits per heavy atom. The summed E-state index contributed by atoms with van der Waals surface area (Å²) in [6.07, 6.45) is -0.702. The van der Waals surface area contributed by atoms with E-state index in [1.165, 1.54) is 0 Å². The molecule has 1 atom stereocenters. The van der Waals surface area contributed by atoms with Crippen LogP contribution in [0.3, 0.4) is 0 Å². The molecule has 0 aliphatic rings. The van der Waals surface area contributed by atoms with Crippen LogP contribution >= 0.6 is 12.4 Å². The summed E-state index contributed by atoms with van der Waals surface area (Å²) in [5.41, 5.74) is 6.25. The molecule has 1 unspecified atom stereocenters. The van der Waals surface area contributed by atoms with Crippen LogP contribution in [0.5, 0.6) is 0 Å². The standard InChI is InChI=1S/C13H18N2O4.ClH/c1-2-18-12(16)11(8-14)15-13(17)19-9-10-6-4-3-5-7-10;/h3-7,11H,2,8-9,14H2,1H3,(H,15,17);1H. The Balaban J connectivity index is 0.00000361. The second-order valence-corrected chi connectivity index (χ2v) is 3.75. The van der Waals surface area contributed by atoms with Crippen LogP contribution < -0.4 is 11.1 Å². The Labute approximate surface area is 124 Å². The summed E-state index contributed by atoms with van der Waals surface area (Å²) in [5.74, 6) is -0.568. The lowest BCUT2D eigenvalue weighted by atomic mass is 10.2. The maximum atomic E-state index is 11.5. The highest BCUT2D eigenvalue weighted by Gasteiger charge is 2.20. The van der Waals surface area contributed by atoms with Crippen molar-refractivity contribution in [2.75, 3.05) is 13.2 Å². The number of ether oxygens (including phenoxy) is 2. The van der Waals surface area contributed by atoms with Gasteiger partial charge in [0.1, 0.15) is 12.6 Å². The first-order chi connectivity index (χ1) is 9.17. The van der Waals surface area contributed by atoms with E-state index in [9.17, 15) is 9.59 Å². The highest BCUT2D eigenvalue weighted by Crippen LogP contribution is 2.00. The minimum Gasteiger partial charge on any atom is -0.464 e. The van der Waals surface area contributed by atoms with Gasteiger partial charge >= 0.3 is 12.1 Å². The van der Waals surface area contributed by atoms with Crippen molar-refractivity contribution in [3.05, 3.63) is 35.9 Å². The Bertz CT molecular complexity index is 414. The van der Waals surface area contributed by atoms with Crippen LogP contribution in [0.2, 0.25) is 0 Å². The normalized spacial score (nSPS) is 10.9. The Morgan fingerprint density at radius 1 is 1.25 bits per heavy atom. The highest BCUT2D eigenvalue weighted by atomic mass is 35.5. The Morgan fingerprint density at radius 2 is 1.90 bits per heavy atom. The second kappa shape index (κ2) is 10.1. The summed E-state index contributed by atoms with van der Waals surface area (Å²) in [4.78, 5) is 22.9. The molecule has 0 spiro atoms. The van der Waals surface area contributed by atoms with Gasteiger partial charge in [0.25, 0.3) is 0 Å². The molecular weight excluding hydrogens is 284 g/mol. The van der Waals surface area contributed by atoms with E-state index in [1.807, 2.05) is 30.3 Å². The van der Waals surface area contributed by atoms with Crippen molar-refractivity contribution < 1.29 is 19.1 Å². The molecule has 20 heavy (non-hydrogen) atoms. The van der Waals surface area contributed by atoms with Crippen LogP contribution in [0.4, 0.5) is 4.79 Å². The van der Waals surface area contributed by atoms with Crippen molar-refractivity contribution in [2.45, 2.75) is 19.6 Å². The number of benzene rings is 1. The first-order valence-electron chi connectivity index (χ1n) is 6.01. The molecule has 3 N–H and O–H groups in total. The number of halogens is 1. The van der Waals surface area contributed by atoms with Crippen LogP contribution in [0.25, 0.3) is 0 Å².